The number of hydrogen-bond acceptors (Lipinski definition) is 5. The molecule has 0 unspecified atom stereocenters. The van der Waals surface area contributed by atoms with Gasteiger partial charge in [0.1, 0.15) is 17.1 Å². The van der Waals surface area contributed by atoms with E-state index < -0.39 is 5.91 Å². The van der Waals surface area contributed by atoms with Crippen LogP contribution in [0.5, 0.6) is 11.5 Å². The number of carbonyl (C=O) groups excluding carboxylic acids is 1. The Labute approximate surface area is 162 Å². The van der Waals surface area contributed by atoms with Crippen molar-refractivity contribution in [3.8, 4) is 11.5 Å². The molecule has 0 aliphatic heterocycles. The molecule has 6 nitrogen and oxygen atoms in total. The van der Waals surface area contributed by atoms with Crippen molar-refractivity contribution in [1.82, 2.24) is 0 Å². The molecule has 0 aliphatic rings. The zero-order chi connectivity index (χ0) is 19.9. The van der Waals surface area contributed by atoms with Gasteiger partial charge >= 0.3 is 0 Å². The lowest BCUT2D eigenvalue weighted by molar-refractivity contribution is 0.0974. The number of para-hydroxylation sites is 1. The molecule has 0 saturated carbocycles. The molecule has 0 spiro atoms. The van der Waals surface area contributed by atoms with Crippen LogP contribution in [-0.2, 0) is 6.42 Å². The molecule has 6 heteroatoms. The van der Waals surface area contributed by atoms with Crippen molar-refractivity contribution in [2.75, 3.05) is 13.2 Å². The summed E-state index contributed by atoms with van der Waals surface area (Å²) in [5.74, 6) is 0.499. The van der Waals surface area contributed by atoms with Crippen molar-refractivity contribution in [1.29, 1.82) is 0 Å². The van der Waals surface area contributed by atoms with E-state index in [9.17, 15) is 9.59 Å². The van der Waals surface area contributed by atoms with Crippen molar-refractivity contribution in [2.24, 2.45) is 5.73 Å². The predicted molar refractivity (Wildman–Crippen MR) is 107 cm³/mol. The second-order valence-electron chi connectivity index (χ2n) is 6.41. The summed E-state index contributed by atoms with van der Waals surface area (Å²) in [6.07, 6.45) is 2.76. The van der Waals surface area contributed by atoms with E-state index in [0.29, 0.717) is 30.8 Å². The Morgan fingerprint density at radius 2 is 1.86 bits per heavy atom. The highest BCUT2D eigenvalue weighted by atomic mass is 16.5. The molecular weight excluding hydrogens is 358 g/mol. The fourth-order valence-corrected chi connectivity index (χ4v) is 2.90. The van der Waals surface area contributed by atoms with E-state index in [4.69, 9.17) is 19.6 Å². The molecule has 1 heterocycles. The second kappa shape index (κ2) is 9.08. The lowest BCUT2D eigenvalue weighted by Crippen LogP contribution is -2.14. The van der Waals surface area contributed by atoms with E-state index in [2.05, 4.69) is 13.0 Å². The molecule has 0 atom stereocenters. The topological polar surface area (TPSA) is 91.8 Å². The Bertz CT molecular complexity index is 1020. The van der Waals surface area contributed by atoms with Crippen LogP contribution in [0.4, 0.5) is 0 Å². The van der Waals surface area contributed by atoms with Crippen molar-refractivity contribution >= 4 is 16.9 Å². The van der Waals surface area contributed by atoms with Gasteiger partial charge in [0.05, 0.1) is 18.6 Å². The number of fused-ring (bicyclic) bond motifs is 1. The first-order chi connectivity index (χ1) is 13.6. The third-order valence-electron chi connectivity index (χ3n) is 4.25. The van der Waals surface area contributed by atoms with E-state index in [0.717, 1.165) is 24.7 Å². The Kier molecular flexibility index (Phi) is 6.32. The van der Waals surface area contributed by atoms with Gasteiger partial charge in [0.15, 0.2) is 11.2 Å². The van der Waals surface area contributed by atoms with Crippen LogP contribution in [0.1, 0.15) is 35.9 Å². The molecule has 2 N–H and O–H groups in total. The smallest absolute Gasteiger partial charge is 0.284 e. The second-order valence-corrected chi connectivity index (χ2v) is 6.41. The SMILES string of the molecule is CCCc1ccccc1OCCCOc1ccc2c(=O)cc(C(N)=O)oc2c1. The van der Waals surface area contributed by atoms with Gasteiger partial charge in [-0.15, -0.1) is 0 Å². The zero-order valence-electron chi connectivity index (χ0n) is 15.8. The number of hydrogen-bond donors (Lipinski definition) is 1. The molecule has 0 bridgehead atoms. The van der Waals surface area contributed by atoms with Gasteiger partial charge < -0.3 is 19.6 Å². The lowest BCUT2D eigenvalue weighted by atomic mass is 10.1. The Morgan fingerprint density at radius 1 is 1.07 bits per heavy atom. The number of ether oxygens (including phenoxy) is 2. The molecule has 0 saturated heterocycles. The minimum absolute atomic E-state index is 0.172. The Balaban J connectivity index is 1.57. The molecule has 28 heavy (non-hydrogen) atoms. The summed E-state index contributed by atoms with van der Waals surface area (Å²) in [5, 5.41) is 0.369. The third-order valence-corrected chi connectivity index (χ3v) is 4.25. The van der Waals surface area contributed by atoms with E-state index in [-0.39, 0.29) is 16.8 Å². The van der Waals surface area contributed by atoms with Crippen molar-refractivity contribution in [3.05, 3.63) is 70.1 Å². The maximum Gasteiger partial charge on any atom is 0.284 e. The van der Waals surface area contributed by atoms with Crippen LogP contribution in [0.3, 0.4) is 0 Å². The van der Waals surface area contributed by atoms with Crippen LogP contribution in [0.15, 0.2) is 57.7 Å². The lowest BCUT2D eigenvalue weighted by Gasteiger charge is -2.11. The van der Waals surface area contributed by atoms with Gasteiger partial charge in [-0.1, -0.05) is 31.5 Å². The molecular formula is C22H23NO5. The first-order valence-electron chi connectivity index (χ1n) is 9.29. The maximum absolute atomic E-state index is 12.0. The molecule has 0 aliphatic carbocycles. The van der Waals surface area contributed by atoms with Crippen LogP contribution < -0.4 is 20.6 Å². The molecule has 1 amide bonds. The summed E-state index contributed by atoms with van der Waals surface area (Å²) in [7, 11) is 0. The summed E-state index contributed by atoms with van der Waals surface area (Å²) < 4.78 is 17.0. The van der Waals surface area contributed by atoms with Crippen LogP contribution in [0.2, 0.25) is 0 Å². The Hall–Kier alpha value is -3.28. The summed E-state index contributed by atoms with van der Waals surface area (Å²) in [4.78, 5) is 23.3. The first-order valence-corrected chi connectivity index (χ1v) is 9.29. The standard InChI is InChI=1S/C22H23NO5/c1-2-6-15-7-3-4-8-19(15)27-12-5-11-26-16-9-10-17-18(24)14-21(22(23)25)28-20(17)13-16/h3-4,7-10,13-14H,2,5-6,11-12H2,1H3,(H2,23,25). The highest BCUT2D eigenvalue weighted by Crippen LogP contribution is 2.21. The average Bonchev–Trinajstić information content (AvgIpc) is 2.68. The predicted octanol–water partition coefficient (Wildman–Crippen LogP) is 3.69. The number of amides is 1. The van der Waals surface area contributed by atoms with Gasteiger partial charge in [-0.05, 0) is 30.2 Å². The van der Waals surface area contributed by atoms with Gasteiger partial charge in [0.2, 0.25) is 0 Å². The van der Waals surface area contributed by atoms with Crippen LogP contribution in [0.25, 0.3) is 11.0 Å². The van der Waals surface area contributed by atoms with Crippen molar-refractivity contribution in [2.45, 2.75) is 26.2 Å². The number of primary amides is 1. The van der Waals surface area contributed by atoms with E-state index in [1.54, 1.807) is 18.2 Å². The van der Waals surface area contributed by atoms with Crippen LogP contribution >= 0.6 is 0 Å². The van der Waals surface area contributed by atoms with Gasteiger partial charge in [-0.2, -0.15) is 0 Å². The quantitative estimate of drug-likeness (QED) is 0.571. The molecule has 146 valence electrons. The molecule has 3 aromatic rings. The number of benzene rings is 2. The summed E-state index contributed by atoms with van der Waals surface area (Å²) >= 11 is 0. The van der Waals surface area contributed by atoms with Gasteiger partial charge in [0.25, 0.3) is 5.91 Å². The summed E-state index contributed by atoms with van der Waals surface area (Å²) in [6, 6.07) is 14.0. The summed E-state index contributed by atoms with van der Waals surface area (Å²) in [5.41, 5.74) is 6.34. The number of nitrogens with two attached hydrogens (primary N) is 1. The van der Waals surface area contributed by atoms with Gasteiger partial charge in [-0.3, -0.25) is 9.59 Å². The van der Waals surface area contributed by atoms with Crippen molar-refractivity contribution < 1.29 is 18.7 Å². The van der Waals surface area contributed by atoms with E-state index in [1.807, 2.05) is 18.2 Å². The Morgan fingerprint density at radius 3 is 2.64 bits per heavy atom. The van der Waals surface area contributed by atoms with Gasteiger partial charge in [0, 0.05) is 18.6 Å². The zero-order valence-corrected chi connectivity index (χ0v) is 15.8. The monoisotopic (exact) mass is 381 g/mol. The summed E-state index contributed by atoms with van der Waals surface area (Å²) in [6.45, 7) is 3.12. The largest absolute Gasteiger partial charge is 0.493 e. The fraction of sp³-hybridized carbons (Fsp3) is 0.273. The number of carbonyl (C=O) groups is 1. The number of rotatable bonds is 9. The molecule has 3 rings (SSSR count). The molecule has 2 aromatic carbocycles. The molecule has 0 fully saturated rings. The molecule has 0 radical (unpaired) electrons. The molecule has 1 aromatic heterocycles. The normalized spacial score (nSPS) is 10.8. The van der Waals surface area contributed by atoms with Crippen molar-refractivity contribution in [3.63, 3.8) is 0 Å². The minimum Gasteiger partial charge on any atom is -0.493 e. The average molecular weight is 381 g/mol. The number of aryl methyl sites for hydroxylation is 1. The highest BCUT2D eigenvalue weighted by Gasteiger charge is 2.10. The minimum atomic E-state index is -0.786. The van der Waals surface area contributed by atoms with Crippen LogP contribution in [-0.4, -0.2) is 19.1 Å². The van der Waals surface area contributed by atoms with E-state index in [1.165, 1.54) is 5.56 Å². The highest BCUT2D eigenvalue weighted by molar-refractivity contribution is 5.91. The maximum atomic E-state index is 12.0. The van der Waals surface area contributed by atoms with Gasteiger partial charge in [-0.25, -0.2) is 0 Å². The third kappa shape index (κ3) is 4.71. The first kappa shape index (κ1) is 19.5. The van der Waals surface area contributed by atoms with E-state index >= 15 is 0 Å². The fourth-order valence-electron chi connectivity index (χ4n) is 2.90. The van der Waals surface area contributed by atoms with Crippen LogP contribution in [0, 0.1) is 0 Å².